The smallest absolute Gasteiger partial charge is 0.422 e. The van der Waals surface area contributed by atoms with E-state index in [1.54, 1.807) is 0 Å². The molecule has 0 radical (unpaired) electrons. The molecule has 0 aliphatic carbocycles. The molecule has 0 fully saturated rings. The number of ether oxygens (including phenoxy) is 1. The number of carbonyl (C=O) groups excluding carboxylic acids is 2. The van der Waals surface area contributed by atoms with Crippen molar-refractivity contribution in [2.24, 2.45) is 0 Å². The summed E-state index contributed by atoms with van der Waals surface area (Å²) in [7, 11) is 0. The van der Waals surface area contributed by atoms with Gasteiger partial charge in [0.1, 0.15) is 11.6 Å². The number of nitrogens with one attached hydrogen (secondary N) is 3. The van der Waals surface area contributed by atoms with E-state index < -0.39 is 37.0 Å². The van der Waals surface area contributed by atoms with Crippen molar-refractivity contribution in [1.82, 2.24) is 5.32 Å². The van der Waals surface area contributed by atoms with E-state index in [9.17, 15) is 27.2 Å². The van der Waals surface area contributed by atoms with Crippen LogP contribution in [0.4, 0.5) is 28.9 Å². The van der Waals surface area contributed by atoms with E-state index in [2.05, 4.69) is 20.7 Å². The molecule has 0 aliphatic rings. The number of benzene rings is 2. The monoisotopic (exact) mass is 427 g/mol. The third-order valence-electron chi connectivity index (χ3n) is 3.96. The van der Waals surface area contributed by atoms with Crippen LogP contribution >= 0.6 is 0 Å². The molecule has 30 heavy (non-hydrogen) atoms. The molecule has 10 heteroatoms. The second-order valence-corrected chi connectivity index (χ2v) is 6.49. The van der Waals surface area contributed by atoms with Gasteiger partial charge in [0.25, 0.3) is 0 Å². The standard InChI is InChI=1S/C20H21F4N3O3/c1-12-4-3-5-13(2)19(12)27-18(29)10-26-17(28)9-25-15-8-14(21)6-7-16(15)30-11-20(22,23)24/h3-8,25H,9-11H2,1-2H3,(H,26,28)(H,27,29). The SMILES string of the molecule is Cc1cccc(C)c1NC(=O)CNC(=O)CNc1cc(F)ccc1OCC(F)(F)F. The zero-order chi connectivity index (χ0) is 22.3. The Morgan fingerprint density at radius 1 is 1.00 bits per heavy atom. The number of alkyl halides is 3. The second-order valence-electron chi connectivity index (χ2n) is 6.49. The van der Waals surface area contributed by atoms with Crippen molar-refractivity contribution in [2.45, 2.75) is 20.0 Å². The summed E-state index contributed by atoms with van der Waals surface area (Å²) in [4.78, 5) is 24.0. The molecule has 0 aliphatic heterocycles. The molecule has 162 valence electrons. The van der Waals surface area contributed by atoms with E-state index in [0.29, 0.717) is 5.69 Å². The molecular weight excluding hydrogens is 406 g/mol. The summed E-state index contributed by atoms with van der Waals surface area (Å²) < 4.78 is 55.0. The number of rotatable bonds is 8. The van der Waals surface area contributed by atoms with Gasteiger partial charge in [-0.1, -0.05) is 18.2 Å². The molecule has 0 bridgehead atoms. The first kappa shape index (κ1) is 23.0. The van der Waals surface area contributed by atoms with Crippen LogP contribution in [-0.4, -0.2) is 37.7 Å². The third-order valence-corrected chi connectivity index (χ3v) is 3.96. The highest BCUT2D eigenvalue weighted by atomic mass is 19.4. The number of carbonyl (C=O) groups is 2. The fraction of sp³-hybridized carbons (Fsp3) is 0.300. The van der Waals surface area contributed by atoms with Gasteiger partial charge in [-0.05, 0) is 37.1 Å². The van der Waals surface area contributed by atoms with Gasteiger partial charge in [-0.2, -0.15) is 13.2 Å². The van der Waals surface area contributed by atoms with Gasteiger partial charge in [0.2, 0.25) is 11.8 Å². The first-order chi connectivity index (χ1) is 14.0. The molecular formula is C20H21F4N3O3. The first-order valence-electron chi connectivity index (χ1n) is 8.91. The lowest BCUT2D eigenvalue weighted by Gasteiger charge is -2.15. The second kappa shape index (κ2) is 9.95. The highest BCUT2D eigenvalue weighted by molar-refractivity contribution is 5.96. The van der Waals surface area contributed by atoms with Gasteiger partial charge >= 0.3 is 6.18 Å². The molecule has 0 heterocycles. The molecule has 2 rings (SSSR count). The van der Waals surface area contributed by atoms with Crippen LogP contribution in [0.2, 0.25) is 0 Å². The number of amides is 2. The van der Waals surface area contributed by atoms with Gasteiger partial charge in [-0.25, -0.2) is 4.39 Å². The topological polar surface area (TPSA) is 79.5 Å². The Morgan fingerprint density at radius 2 is 1.67 bits per heavy atom. The molecule has 0 aromatic heterocycles. The first-order valence-corrected chi connectivity index (χ1v) is 8.91. The summed E-state index contributed by atoms with van der Waals surface area (Å²) in [5.74, 6) is -2.03. The third kappa shape index (κ3) is 7.26. The molecule has 2 amide bonds. The largest absolute Gasteiger partial charge is 0.482 e. The van der Waals surface area contributed by atoms with Crippen LogP contribution in [0.5, 0.6) is 5.75 Å². The lowest BCUT2D eigenvalue weighted by atomic mass is 10.1. The Labute approximate surface area is 170 Å². The van der Waals surface area contributed by atoms with Gasteiger partial charge in [0.15, 0.2) is 6.61 Å². The van der Waals surface area contributed by atoms with E-state index in [-0.39, 0.29) is 18.0 Å². The maximum absolute atomic E-state index is 13.4. The number of anilines is 2. The Morgan fingerprint density at radius 3 is 2.30 bits per heavy atom. The quantitative estimate of drug-likeness (QED) is 0.563. The summed E-state index contributed by atoms with van der Waals surface area (Å²) in [6, 6.07) is 8.40. The molecule has 0 saturated heterocycles. The van der Waals surface area contributed by atoms with E-state index in [0.717, 1.165) is 29.3 Å². The summed E-state index contributed by atoms with van der Waals surface area (Å²) in [5.41, 5.74) is 2.28. The van der Waals surface area contributed by atoms with Crippen LogP contribution in [0.1, 0.15) is 11.1 Å². The Kier molecular flexibility index (Phi) is 7.62. The average Bonchev–Trinajstić information content (AvgIpc) is 2.66. The highest BCUT2D eigenvalue weighted by Crippen LogP contribution is 2.27. The summed E-state index contributed by atoms with van der Waals surface area (Å²) >= 11 is 0. The summed E-state index contributed by atoms with van der Waals surface area (Å²) in [6.07, 6.45) is -4.56. The number of aryl methyl sites for hydroxylation is 2. The van der Waals surface area contributed by atoms with Crippen LogP contribution in [-0.2, 0) is 9.59 Å². The lowest BCUT2D eigenvalue weighted by Crippen LogP contribution is -2.36. The molecule has 0 spiro atoms. The van der Waals surface area contributed by atoms with Gasteiger partial charge < -0.3 is 20.7 Å². The lowest BCUT2D eigenvalue weighted by molar-refractivity contribution is -0.153. The molecule has 3 N–H and O–H groups in total. The van der Waals surface area contributed by atoms with E-state index in [4.69, 9.17) is 0 Å². The minimum Gasteiger partial charge on any atom is -0.482 e. The average molecular weight is 427 g/mol. The zero-order valence-electron chi connectivity index (χ0n) is 16.3. The highest BCUT2D eigenvalue weighted by Gasteiger charge is 2.29. The normalized spacial score (nSPS) is 11.0. The van der Waals surface area contributed by atoms with Crippen LogP contribution in [0.3, 0.4) is 0 Å². The minimum absolute atomic E-state index is 0.116. The van der Waals surface area contributed by atoms with Crippen molar-refractivity contribution in [1.29, 1.82) is 0 Å². The number of halogens is 4. The predicted octanol–water partition coefficient (Wildman–Crippen LogP) is 3.55. The van der Waals surface area contributed by atoms with E-state index in [1.165, 1.54) is 0 Å². The fourth-order valence-corrected chi connectivity index (χ4v) is 2.54. The molecule has 6 nitrogen and oxygen atoms in total. The number of hydrogen-bond acceptors (Lipinski definition) is 4. The van der Waals surface area contributed by atoms with Gasteiger partial charge in [-0.15, -0.1) is 0 Å². The molecule has 2 aromatic carbocycles. The fourth-order valence-electron chi connectivity index (χ4n) is 2.54. The van der Waals surface area contributed by atoms with Crippen molar-refractivity contribution in [3.8, 4) is 5.75 Å². The van der Waals surface area contributed by atoms with Crippen molar-refractivity contribution in [2.75, 3.05) is 30.3 Å². The predicted molar refractivity (Wildman–Crippen MR) is 104 cm³/mol. The Balaban J connectivity index is 1.87. The summed E-state index contributed by atoms with van der Waals surface area (Å²) in [5, 5.41) is 7.58. The Hall–Kier alpha value is -3.30. The van der Waals surface area contributed by atoms with Crippen LogP contribution in [0.15, 0.2) is 36.4 Å². The van der Waals surface area contributed by atoms with Crippen molar-refractivity contribution in [3.05, 3.63) is 53.3 Å². The van der Waals surface area contributed by atoms with Crippen molar-refractivity contribution < 1.29 is 31.9 Å². The number of hydrogen-bond donors (Lipinski definition) is 3. The maximum atomic E-state index is 13.4. The van der Waals surface area contributed by atoms with E-state index in [1.807, 2.05) is 32.0 Å². The van der Waals surface area contributed by atoms with Crippen LogP contribution in [0.25, 0.3) is 0 Å². The van der Waals surface area contributed by atoms with Crippen LogP contribution < -0.4 is 20.7 Å². The van der Waals surface area contributed by atoms with Gasteiger partial charge in [-0.3, -0.25) is 9.59 Å². The zero-order valence-corrected chi connectivity index (χ0v) is 16.3. The van der Waals surface area contributed by atoms with Crippen molar-refractivity contribution in [3.63, 3.8) is 0 Å². The van der Waals surface area contributed by atoms with Crippen LogP contribution in [0, 0.1) is 19.7 Å². The molecule has 0 unspecified atom stereocenters. The Bertz CT molecular complexity index is 896. The van der Waals surface area contributed by atoms with Crippen molar-refractivity contribution >= 4 is 23.2 Å². The maximum Gasteiger partial charge on any atom is 0.422 e. The molecule has 0 saturated carbocycles. The van der Waals surface area contributed by atoms with E-state index >= 15 is 0 Å². The van der Waals surface area contributed by atoms with Gasteiger partial charge in [0, 0.05) is 11.8 Å². The van der Waals surface area contributed by atoms with Gasteiger partial charge in [0.05, 0.1) is 18.8 Å². The summed E-state index contributed by atoms with van der Waals surface area (Å²) in [6.45, 7) is 1.40. The minimum atomic E-state index is -4.56. The number of para-hydroxylation sites is 1. The molecule has 0 atom stereocenters. The molecule has 2 aromatic rings.